The number of aromatic nitrogens is 1. The van der Waals surface area contributed by atoms with Gasteiger partial charge in [0.1, 0.15) is 60.3 Å². The predicted octanol–water partition coefficient (Wildman–Crippen LogP) is 7.25. The molecular weight excluding hydrogens is 1490 g/mol. The summed E-state index contributed by atoms with van der Waals surface area (Å²) < 4.78 is 19.0. The van der Waals surface area contributed by atoms with E-state index < -0.39 is 140 Å². The fourth-order valence-corrected chi connectivity index (χ4v) is 15.6. The van der Waals surface area contributed by atoms with E-state index >= 15 is 28.8 Å². The third-order valence-corrected chi connectivity index (χ3v) is 21.1. The number of nitrogens with two attached hydrogens (primary N) is 1. The Morgan fingerprint density at radius 1 is 0.513 bits per heavy atom. The molecule has 0 aliphatic rings. The Balaban J connectivity index is 1.36. The van der Waals surface area contributed by atoms with E-state index in [9.17, 15) is 28.8 Å². The molecule has 5 aromatic carbocycles. The second kappa shape index (κ2) is 41.9. The smallest absolute Gasteiger partial charge is 0.407 e. The van der Waals surface area contributed by atoms with E-state index in [0.29, 0.717) is 28.7 Å². The summed E-state index contributed by atoms with van der Waals surface area (Å²) >= 11 is 2.47. The molecule has 6 aromatic rings. The first kappa shape index (κ1) is 91.4. The number of amides is 11. The summed E-state index contributed by atoms with van der Waals surface area (Å²) in [6.07, 6.45) is -0.938. The molecule has 0 bridgehead atoms. The Hall–Kier alpha value is -10.5. The fraction of sp³-hybridized carbons (Fsp3) is 0.470. The van der Waals surface area contributed by atoms with Crippen LogP contribution in [0.2, 0.25) is 0 Å². The number of para-hydroxylation sites is 1. The summed E-state index contributed by atoms with van der Waals surface area (Å²) in [4.78, 5) is 172. The first-order chi connectivity index (χ1) is 53.1. The number of aryl methyl sites for hydroxylation is 1. The van der Waals surface area contributed by atoms with E-state index in [2.05, 4.69) is 58.2 Å². The average Bonchev–Trinajstić information content (AvgIpc) is 1.08. The number of rotatable bonds is 41. The molecule has 11 amide bonds. The van der Waals surface area contributed by atoms with Gasteiger partial charge in [0.2, 0.25) is 59.1 Å². The first-order valence-electron chi connectivity index (χ1n) is 37.5. The molecule has 0 saturated heterocycles. The van der Waals surface area contributed by atoms with Crippen molar-refractivity contribution in [2.75, 3.05) is 32.7 Å². The van der Waals surface area contributed by atoms with E-state index in [1.807, 2.05) is 116 Å². The van der Waals surface area contributed by atoms with Gasteiger partial charge in [-0.25, -0.2) is 9.59 Å². The molecule has 612 valence electrons. The molecular formula is C83H112N12O16S2. The second-order valence-electron chi connectivity index (χ2n) is 30.7. The van der Waals surface area contributed by atoms with Crippen LogP contribution in [0.5, 0.6) is 5.75 Å². The molecule has 3 unspecified atom stereocenters. The van der Waals surface area contributed by atoms with Crippen LogP contribution in [0.3, 0.4) is 0 Å². The number of carbonyl (C=O) groups excluding carboxylic acids is 12. The van der Waals surface area contributed by atoms with Gasteiger partial charge >= 0.3 is 12.1 Å². The molecule has 6 rings (SSSR count). The van der Waals surface area contributed by atoms with E-state index in [1.165, 1.54) is 39.5 Å². The van der Waals surface area contributed by atoms with Gasteiger partial charge in [-0.05, 0) is 148 Å². The number of fused-ring (bicyclic) bond motifs is 1. The zero-order valence-electron chi connectivity index (χ0n) is 67.4. The maximum Gasteiger partial charge on any atom is 0.407 e. The minimum Gasteiger partial charge on any atom is -0.492 e. The maximum absolute atomic E-state index is 15.6. The van der Waals surface area contributed by atoms with Gasteiger partial charge in [0.05, 0.1) is 42.4 Å². The minimum absolute atomic E-state index is 0.0366. The number of aromatic amines is 1. The van der Waals surface area contributed by atoms with Crippen LogP contribution < -0.4 is 63.6 Å². The lowest BCUT2D eigenvalue weighted by Gasteiger charge is -2.44. The molecule has 0 radical (unpaired) electrons. The molecule has 13 N–H and O–H groups in total. The molecule has 0 saturated carbocycles. The number of H-pyrrole nitrogens is 1. The molecule has 30 heteroatoms. The van der Waals surface area contributed by atoms with Gasteiger partial charge in [0, 0.05) is 66.8 Å². The lowest BCUT2D eigenvalue weighted by atomic mass is 9.84. The van der Waals surface area contributed by atoms with Crippen LogP contribution in [0.4, 0.5) is 4.79 Å². The summed E-state index contributed by atoms with van der Waals surface area (Å²) in [5.41, 5.74) is 9.40. The van der Waals surface area contributed by atoms with E-state index in [0.717, 1.165) is 46.6 Å². The van der Waals surface area contributed by atoms with Crippen LogP contribution in [-0.4, -0.2) is 178 Å². The van der Waals surface area contributed by atoms with Crippen LogP contribution in [0.15, 0.2) is 140 Å². The zero-order valence-corrected chi connectivity index (χ0v) is 69.0. The van der Waals surface area contributed by atoms with Crippen molar-refractivity contribution in [3.63, 3.8) is 0 Å². The molecule has 0 aliphatic carbocycles. The van der Waals surface area contributed by atoms with Gasteiger partial charge in [0.15, 0.2) is 0 Å². The number of alkyl carbamates (subject to hydrolysis) is 1. The Labute approximate surface area is 670 Å². The summed E-state index contributed by atoms with van der Waals surface area (Å²) in [6, 6.07) is 30.2. The summed E-state index contributed by atoms with van der Waals surface area (Å²) in [5.74, 6) is -8.39. The van der Waals surface area contributed by atoms with Crippen LogP contribution in [0.1, 0.15) is 156 Å². The third kappa shape index (κ3) is 28.3. The molecule has 0 fully saturated rings. The van der Waals surface area contributed by atoms with Gasteiger partial charge in [-0.15, -0.1) is 23.5 Å². The highest BCUT2D eigenvalue weighted by Crippen LogP contribution is 2.54. The van der Waals surface area contributed by atoms with Gasteiger partial charge < -0.3 is 82.8 Å². The topological polar surface area (TPSA) is 404 Å². The number of methoxy groups -OCH3 is 1. The van der Waals surface area contributed by atoms with Crippen LogP contribution in [0.25, 0.3) is 10.9 Å². The molecule has 8 atom stereocenters. The normalized spacial score (nSPS) is 13.9. The maximum atomic E-state index is 15.6. The monoisotopic (exact) mass is 1600 g/mol. The largest absolute Gasteiger partial charge is 0.492 e. The highest BCUT2D eigenvalue weighted by molar-refractivity contribution is 8.02. The van der Waals surface area contributed by atoms with Crippen molar-refractivity contribution in [1.29, 1.82) is 0 Å². The lowest BCUT2D eigenvalue weighted by molar-refractivity contribution is -0.145. The minimum atomic E-state index is -1.80. The number of primary amides is 1. The van der Waals surface area contributed by atoms with Crippen molar-refractivity contribution in [1.82, 2.24) is 58.2 Å². The van der Waals surface area contributed by atoms with Gasteiger partial charge in [-0.3, -0.25) is 47.9 Å². The van der Waals surface area contributed by atoms with Crippen LogP contribution in [-0.2, 0) is 84.5 Å². The van der Waals surface area contributed by atoms with Crippen molar-refractivity contribution in [3.8, 4) is 5.75 Å². The Kier molecular flexibility index (Phi) is 33.9. The lowest BCUT2D eigenvalue weighted by Crippen LogP contribution is -2.64. The van der Waals surface area contributed by atoms with Crippen molar-refractivity contribution in [3.05, 3.63) is 173 Å². The Bertz CT molecular complexity index is 4150. The molecule has 28 nitrogen and oxygen atoms in total. The molecule has 1 aromatic heterocycles. The SMILES string of the molecule is COC(=O)[C@H](Cc1ccc(OCCNC(=O)OC(C)(C)C)cc1)NC(=O)[C@@H](NC(=O)[C@H](CCCCNC(C)=O)NC(=O)[C@H](Cc1c[nH]c2c(C)cccc12)NC(=O)C(NC(=O)[C@H](CC(N)=O)NC(=O)C(NC(C)=O)C(C)(C)SC(c1ccccc1)(c1ccccc1)c1ccccc1)C(C)OC(C)(C)C)C(C)(C)SCNC(C)=O. The van der Waals surface area contributed by atoms with Crippen molar-refractivity contribution in [2.24, 2.45) is 5.73 Å². The standard InChI is InChI=1S/C83H112N12O16S2/c1-50-29-28-36-61-56(48-87-67(50)61)46-63(72(101)90-62(37-26-27-42-85-52(3)96)71(100)95-69(81(12,13)112-49-88-53(4)97)75(104)93-65(77(106)108-16)45-55-38-40-60(41-39-55)109-44-43-86-78(107)111-80(9,10)11)91-74(103)68(51(2)110-79(6,7)8)94-73(102)64(47-66(84)99)92-76(105)70(89-54(5)98)82(14,15)113-83(57-30-20-17-21-31-57,58-32-22-18-23-33-58)59-34-24-19-25-35-59/h17-25,28-36,38-41,48,51,62-65,68-70,87H,26-27,37,42-47,49H2,1-16H3,(H2,84,99)(H,85,96)(H,86,107)(H,88,97)(H,89,98)(H,90,101)(H,91,103)(H,92,105)(H,93,104)(H,94,102)(H,95,100)/t51?,62-,63-,64-,65-,68?,69+,70?/m0/s1. The third-order valence-electron chi connectivity index (χ3n) is 18.1. The fourth-order valence-electron chi connectivity index (χ4n) is 12.7. The molecule has 113 heavy (non-hydrogen) atoms. The molecule has 0 spiro atoms. The number of hydrogen-bond donors (Lipinski definition) is 12. The number of carbonyl (C=O) groups is 12. The molecule has 0 aliphatic heterocycles. The highest BCUT2D eigenvalue weighted by Gasteiger charge is 2.49. The number of unbranched alkanes of at least 4 members (excludes halogenated alkanes) is 1. The highest BCUT2D eigenvalue weighted by atomic mass is 32.2. The Morgan fingerprint density at radius 3 is 1.58 bits per heavy atom. The van der Waals surface area contributed by atoms with Crippen molar-refractivity contribution in [2.45, 2.75) is 216 Å². The number of nitrogens with one attached hydrogen (secondary N) is 11. The second-order valence-corrected chi connectivity index (χ2v) is 34.2. The van der Waals surface area contributed by atoms with Gasteiger partial charge in [-0.2, -0.15) is 0 Å². The number of benzene rings is 5. The Morgan fingerprint density at radius 2 is 1.04 bits per heavy atom. The van der Waals surface area contributed by atoms with Crippen molar-refractivity contribution < 1.29 is 76.5 Å². The predicted molar refractivity (Wildman–Crippen MR) is 436 cm³/mol. The van der Waals surface area contributed by atoms with Crippen molar-refractivity contribution >= 4 is 106 Å². The number of ether oxygens (including phenoxy) is 4. The van der Waals surface area contributed by atoms with Gasteiger partial charge in [-0.1, -0.05) is 121 Å². The number of thioether (sulfide) groups is 2. The number of hydrogen-bond acceptors (Lipinski definition) is 18. The summed E-state index contributed by atoms with van der Waals surface area (Å²) in [5, 5.41) is 28.3. The van der Waals surface area contributed by atoms with E-state index in [1.54, 1.807) is 99.7 Å². The van der Waals surface area contributed by atoms with Gasteiger partial charge in [0.25, 0.3) is 0 Å². The first-order valence-corrected chi connectivity index (χ1v) is 39.3. The average molecular weight is 1600 g/mol. The van der Waals surface area contributed by atoms with Crippen LogP contribution in [0, 0.1) is 6.92 Å². The summed E-state index contributed by atoms with van der Waals surface area (Å²) in [7, 11) is 1.15. The van der Waals surface area contributed by atoms with E-state index in [-0.39, 0.29) is 63.1 Å². The molecule has 1 heterocycles. The van der Waals surface area contributed by atoms with E-state index in [4.69, 9.17) is 24.7 Å². The number of esters is 1. The quantitative estimate of drug-likeness (QED) is 0.00778. The zero-order chi connectivity index (χ0) is 83.6. The van der Waals surface area contributed by atoms with Crippen LogP contribution >= 0.6 is 23.5 Å². The summed E-state index contributed by atoms with van der Waals surface area (Å²) in [6.45, 7) is 24.9.